The summed E-state index contributed by atoms with van der Waals surface area (Å²) in [6.45, 7) is 6.72. The van der Waals surface area contributed by atoms with E-state index in [1.807, 2.05) is 6.07 Å². The fourth-order valence-corrected chi connectivity index (χ4v) is 1.36. The van der Waals surface area contributed by atoms with Crippen molar-refractivity contribution in [2.45, 2.75) is 12.6 Å². The van der Waals surface area contributed by atoms with E-state index in [0.29, 0.717) is 0 Å². The maximum atomic E-state index is 11.9. The number of nitriles is 1. The molecule has 21 heavy (non-hydrogen) atoms. The van der Waals surface area contributed by atoms with Gasteiger partial charge < -0.3 is 10.1 Å². The highest BCUT2D eigenvalue weighted by molar-refractivity contribution is 5.81. The number of amides is 1. The summed E-state index contributed by atoms with van der Waals surface area (Å²) >= 11 is 0. The average molecular weight is 297 g/mol. The zero-order valence-corrected chi connectivity index (χ0v) is 10.7. The predicted octanol–water partition coefficient (Wildman–Crippen LogP) is 2.56. The van der Waals surface area contributed by atoms with Gasteiger partial charge in [-0.05, 0) is 24.6 Å². The standard InChI is InChI=1S/C13H10F3N3O2/c1-18-10-5-9(8-17)6-11(7-10)21-4-2-3-19-12(20)13(14,15)16/h5-7H,2-4H2,(H,19,20). The molecule has 1 aromatic rings. The van der Waals surface area contributed by atoms with Crippen molar-refractivity contribution in [3.05, 3.63) is 35.2 Å². The molecule has 5 nitrogen and oxygen atoms in total. The van der Waals surface area contributed by atoms with Gasteiger partial charge in [0.1, 0.15) is 5.75 Å². The van der Waals surface area contributed by atoms with E-state index in [2.05, 4.69) is 4.85 Å². The van der Waals surface area contributed by atoms with E-state index in [-0.39, 0.29) is 36.6 Å². The van der Waals surface area contributed by atoms with Crippen molar-refractivity contribution >= 4 is 11.6 Å². The van der Waals surface area contributed by atoms with Crippen LogP contribution in [0.1, 0.15) is 12.0 Å². The first-order valence-electron chi connectivity index (χ1n) is 5.77. The van der Waals surface area contributed by atoms with Crippen molar-refractivity contribution < 1.29 is 22.7 Å². The molecule has 1 amide bonds. The number of hydrogen-bond acceptors (Lipinski definition) is 3. The Kier molecular flexibility index (Phi) is 5.56. The number of hydrogen-bond donors (Lipinski definition) is 1. The van der Waals surface area contributed by atoms with Gasteiger partial charge in [-0.25, -0.2) is 4.85 Å². The number of carbonyl (C=O) groups excluding carboxylic acids is 1. The van der Waals surface area contributed by atoms with Crippen LogP contribution in [0.15, 0.2) is 18.2 Å². The molecule has 1 aromatic carbocycles. The summed E-state index contributed by atoms with van der Waals surface area (Å²) in [5, 5.41) is 10.5. The fraction of sp³-hybridized carbons (Fsp3) is 0.308. The lowest BCUT2D eigenvalue weighted by atomic mass is 10.2. The highest BCUT2D eigenvalue weighted by Gasteiger charge is 2.38. The summed E-state index contributed by atoms with van der Waals surface area (Å²) in [7, 11) is 0. The molecule has 8 heteroatoms. The smallest absolute Gasteiger partial charge is 0.471 e. The number of alkyl halides is 3. The third-order valence-electron chi connectivity index (χ3n) is 2.28. The number of nitrogens with zero attached hydrogens (tertiary/aromatic N) is 2. The molecule has 1 rings (SSSR count). The molecule has 0 fully saturated rings. The van der Waals surface area contributed by atoms with Crippen LogP contribution in [0.25, 0.3) is 4.85 Å². The van der Waals surface area contributed by atoms with Gasteiger partial charge in [-0.15, -0.1) is 0 Å². The first-order valence-corrected chi connectivity index (χ1v) is 5.77. The van der Waals surface area contributed by atoms with E-state index in [0.717, 1.165) is 0 Å². The maximum Gasteiger partial charge on any atom is 0.471 e. The molecule has 0 heterocycles. The monoisotopic (exact) mass is 297 g/mol. The number of rotatable bonds is 5. The summed E-state index contributed by atoms with van der Waals surface area (Å²) in [4.78, 5) is 13.7. The van der Waals surface area contributed by atoms with Crippen LogP contribution in [-0.2, 0) is 4.79 Å². The summed E-state index contributed by atoms with van der Waals surface area (Å²) in [6.07, 6.45) is -4.74. The zero-order chi connectivity index (χ0) is 15.9. The van der Waals surface area contributed by atoms with Gasteiger partial charge in [0, 0.05) is 12.1 Å². The van der Waals surface area contributed by atoms with Crippen molar-refractivity contribution in [1.29, 1.82) is 5.26 Å². The highest BCUT2D eigenvalue weighted by Crippen LogP contribution is 2.23. The molecule has 110 valence electrons. The molecule has 1 N–H and O–H groups in total. The van der Waals surface area contributed by atoms with Gasteiger partial charge >= 0.3 is 12.1 Å². The molecule has 0 bridgehead atoms. The number of benzene rings is 1. The second kappa shape index (κ2) is 7.15. The Labute approximate surface area is 118 Å². The van der Waals surface area contributed by atoms with Crippen LogP contribution < -0.4 is 10.1 Å². The van der Waals surface area contributed by atoms with Crippen molar-refractivity contribution in [3.63, 3.8) is 0 Å². The lowest BCUT2D eigenvalue weighted by Gasteiger charge is -2.09. The van der Waals surface area contributed by atoms with Crippen LogP contribution in [0.5, 0.6) is 5.75 Å². The van der Waals surface area contributed by atoms with Crippen LogP contribution in [0.3, 0.4) is 0 Å². The summed E-state index contributed by atoms with van der Waals surface area (Å²) in [5.41, 5.74) is 0.485. The van der Waals surface area contributed by atoms with Crippen LogP contribution in [0.4, 0.5) is 18.9 Å². The summed E-state index contributed by atoms with van der Waals surface area (Å²) in [5.74, 6) is -1.72. The second-order valence-corrected chi connectivity index (χ2v) is 3.89. The lowest BCUT2D eigenvalue weighted by molar-refractivity contribution is -0.173. The SMILES string of the molecule is [C-]#[N+]c1cc(C#N)cc(OCCCNC(=O)C(F)(F)F)c1. The largest absolute Gasteiger partial charge is 0.495 e. The van der Waals surface area contributed by atoms with Gasteiger partial charge in [0.25, 0.3) is 0 Å². The molecule has 0 aliphatic rings. The molecule has 0 aliphatic heterocycles. The Bertz CT molecular complexity index is 568. The summed E-state index contributed by atoms with van der Waals surface area (Å²) in [6, 6.07) is 6.10. The molecule has 0 atom stereocenters. The molecule has 0 unspecified atom stereocenters. The van der Waals surface area contributed by atoms with Gasteiger partial charge in [0.05, 0.1) is 19.2 Å². The Morgan fingerprint density at radius 2 is 2.14 bits per heavy atom. The van der Waals surface area contributed by atoms with Crippen molar-refractivity contribution in [1.82, 2.24) is 5.32 Å². The van der Waals surface area contributed by atoms with Gasteiger partial charge in [-0.3, -0.25) is 4.79 Å². The first kappa shape index (κ1) is 16.3. The van der Waals surface area contributed by atoms with Crippen LogP contribution in [0, 0.1) is 17.9 Å². The van der Waals surface area contributed by atoms with Crippen LogP contribution in [0.2, 0.25) is 0 Å². The Balaban J connectivity index is 2.42. The Hall–Kier alpha value is -2.74. The second-order valence-electron chi connectivity index (χ2n) is 3.89. The normalized spacial score (nSPS) is 10.3. The number of nitrogens with one attached hydrogen (secondary N) is 1. The first-order chi connectivity index (χ1) is 9.86. The van der Waals surface area contributed by atoms with E-state index in [9.17, 15) is 18.0 Å². The van der Waals surface area contributed by atoms with E-state index >= 15 is 0 Å². The molecule has 0 saturated carbocycles. The fourth-order valence-electron chi connectivity index (χ4n) is 1.36. The molecular weight excluding hydrogens is 287 g/mol. The topological polar surface area (TPSA) is 66.5 Å². The predicted molar refractivity (Wildman–Crippen MR) is 66.6 cm³/mol. The molecular formula is C13H10F3N3O2. The van der Waals surface area contributed by atoms with Gasteiger partial charge in [0.2, 0.25) is 0 Å². The zero-order valence-electron chi connectivity index (χ0n) is 10.7. The van der Waals surface area contributed by atoms with Crippen molar-refractivity contribution in [3.8, 4) is 11.8 Å². The minimum atomic E-state index is -4.90. The molecule has 0 saturated heterocycles. The number of halogens is 3. The third kappa shape index (κ3) is 5.41. The molecule has 0 spiro atoms. The van der Waals surface area contributed by atoms with E-state index in [1.165, 1.54) is 18.2 Å². The van der Waals surface area contributed by atoms with E-state index in [1.54, 1.807) is 5.32 Å². The van der Waals surface area contributed by atoms with Crippen LogP contribution >= 0.6 is 0 Å². The van der Waals surface area contributed by atoms with E-state index < -0.39 is 12.1 Å². The van der Waals surface area contributed by atoms with Gasteiger partial charge in [0.15, 0.2) is 5.69 Å². The lowest BCUT2D eigenvalue weighted by Crippen LogP contribution is -2.37. The van der Waals surface area contributed by atoms with Crippen molar-refractivity contribution in [2.75, 3.05) is 13.2 Å². The number of carbonyl (C=O) groups is 1. The number of ether oxygens (including phenoxy) is 1. The van der Waals surface area contributed by atoms with Crippen molar-refractivity contribution in [2.24, 2.45) is 0 Å². The quantitative estimate of drug-likeness (QED) is 0.671. The van der Waals surface area contributed by atoms with Gasteiger partial charge in [-0.1, -0.05) is 0 Å². The Morgan fingerprint density at radius 3 is 2.71 bits per heavy atom. The minimum Gasteiger partial charge on any atom is -0.495 e. The third-order valence-corrected chi connectivity index (χ3v) is 2.28. The average Bonchev–Trinajstić information content (AvgIpc) is 2.45. The molecule has 0 aliphatic carbocycles. The highest BCUT2D eigenvalue weighted by atomic mass is 19.4. The summed E-state index contributed by atoms with van der Waals surface area (Å²) < 4.78 is 40.9. The maximum absolute atomic E-state index is 11.9. The molecule has 0 aromatic heterocycles. The Morgan fingerprint density at radius 1 is 1.43 bits per heavy atom. The minimum absolute atomic E-state index is 0.0461. The van der Waals surface area contributed by atoms with Crippen LogP contribution in [-0.4, -0.2) is 25.2 Å². The van der Waals surface area contributed by atoms with E-state index in [4.69, 9.17) is 16.6 Å². The molecule has 0 radical (unpaired) electrons. The van der Waals surface area contributed by atoms with Gasteiger partial charge in [-0.2, -0.15) is 18.4 Å².